The van der Waals surface area contributed by atoms with Gasteiger partial charge >= 0.3 is 0 Å². The minimum atomic E-state index is -0.526. The van der Waals surface area contributed by atoms with Gasteiger partial charge in [0.25, 0.3) is 45.9 Å². The average Bonchev–Trinajstić information content (AvgIpc) is 3.70. The Kier molecular flexibility index (Phi) is 7.53. The number of hydrogen-bond donors (Lipinski definition) is 0. The third kappa shape index (κ3) is 5.00. The minimum Gasteiger partial charge on any atom is -0.275 e. The van der Waals surface area contributed by atoms with Crippen LogP contribution in [0.15, 0.2) is 55.6 Å². The molecule has 1 aromatic carbocycles. The number of amides is 4. The molecule has 12 heteroatoms. The molecule has 46 heavy (non-hydrogen) atoms. The van der Waals surface area contributed by atoms with Gasteiger partial charge in [-0.15, -0.1) is 0 Å². The van der Waals surface area contributed by atoms with Crippen LogP contribution < -0.4 is 22.2 Å². The highest BCUT2D eigenvalue weighted by molar-refractivity contribution is 6.13. The van der Waals surface area contributed by atoms with Gasteiger partial charge < -0.3 is 0 Å². The van der Waals surface area contributed by atoms with Crippen LogP contribution in [0.5, 0.6) is 0 Å². The Balaban J connectivity index is 1.17. The van der Waals surface area contributed by atoms with Gasteiger partial charge in [0.2, 0.25) is 0 Å². The highest BCUT2D eigenvalue weighted by atomic mass is 16.2. The monoisotopic (exact) mass is 626 g/mol. The first-order valence-electron chi connectivity index (χ1n) is 16.1. The lowest BCUT2D eigenvalue weighted by Crippen LogP contribution is -2.41. The summed E-state index contributed by atoms with van der Waals surface area (Å²) in [5.41, 5.74) is -2.10. The van der Waals surface area contributed by atoms with Crippen LogP contribution in [-0.2, 0) is 32.3 Å². The number of nitrogens with zero attached hydrogens (tertiary/aromatic N) is 4. The fraction of sp³-hybridized carbons (Fsp3) is 0.471. The summed E-state index contributed by atoms with van der Waals surface area (Å²) in [6, 6.07) is 2.73. The van der Waals surface area contributed by atoms with Gasteiger partial charge in [0, 0.05) is 50.5 Å². The van der Waals surface area contributed by atoms with Gasteiger partial charge in [-0.1, -0.05) is 25.7 Å². The zero-order valence-corrected chi connectivity index (χ0v) is 25.3. The fourth-order valence-corrected chi connectivity index (χ4v) is 8.10. The summed E-state index contributed by atoms with van der Waals surface area (Å²) in [4.78, 5) is 105. The molecule has 2 fully saturated rings. The van der Waals surface area contributed by atoms with Crippen LogP contribution in [0.4, 0.5) is 0 Å². The van der Waals surface area contributed by atoms with Gasteiger partial charge in [-0.3, -0.25) is 57.3 Å². The second kappa shape index (κ2) is 11.6. The van der Waals surface area contributed by atoms with E-state index >= 15 is 0 Å². The molecule has 2 aliphatic carbocycles. The summed E-state index contributed by atoms with van der Waals surface area (Å²) in [7, 11) is 0. The van der Waals surface area contributed by atoms with Crippen LogP contribution in [0.3, 0.4) is 0 Å². The average molecular weight is 627 g/mol. The molecule has 4 atom stereocenters. The summed E-state index contributed by atoms with van der Waals surface area (Å²) in [6.45, 7) is 0.712. The summed E-state index contributed by atoms with van der Waals surface area (Å²) in [5, 5.41) is 0.342. The number of fused-ring (bicyclic) bond motifs is 2. The van der Waals surface area contributed by atoms with E-state index < -0.39 is 22.2 Å². The largest absolute Gasteiger partial charge is 0.275 e. The second-order valence-corrected chi connectivity index (χ2v) is 13.2. The van der Waals surface area contributed by atoms with E-state index in [0.29, 0.717) is 0 Å². The van der Waals surface area contributed by atoms with E-state index in [1.165, 1.54) is 55.4 Å². The molecule has 2 aromatic heterocycles. The quantitative estimate of drug-likeness (QED) is 0.340. The molecule has 2 saturated carbocycles. The first-order chi connectivity index (χ1) is 22.1. The third-order valence-electron chi connectivity index (χ3n) is 10.7. The van der Waals surface area contributed by atoms with Gasteiger partial charge in [-0.05, 0) is 61.5 Å². The van der Waals surface area contributed by atoms with E-state index in [0.717, 1.165) is 51.4 Å². The topological polar surface area (TPSA) is 153 Å². The molecular weight excluding hydrogens is 592 g/mol. The zero-order chi connectivity index (χ0) is 32.3. The van der Waals surface area contributed by atoms with Crippen LogP contribution in [0.2, 0.25) is 0 Å². The van der Waals surface area contributed by atoms with E-state index in [4.69, 9.17) is 0 Å². The van der Waals surface area contributed by atoms with Crippen molar-refractivity contribution in [2.24, 2.45) is 23.7 Å². The smallest absolute Gasteiger partial charge is 0.261 e. The minimum absolute atomic E-state index is 0.0610. The Morgan fingerprint density at radius 1 is 0.413 bits per heavy atom. The second-order valence-electron chi connectivity index (χ2n) is 13.2. The molecule has 2 aliphatic heterocycles. The zero-order valence-electron chi connectivity index (χ0n) is 25.3. The highest BCUT2D eigenvalue weighted by Crippen LogP contribution is 2.34. The molecule has 0 N–H and O–H groups in total. The highest BCUT2D eigenvalue weighted by Gasteiger charge is 2.35. The Bertz CT molecular complexity index is 1820. The summed E-state index contributed by atoms with van der Waals surface area (Å²) in [6.07, 6.45) is 11.7. The number of carbonyl (C=O) groups is 4. The van der Waals surface area contributed by atoms with Gasteiger partial charge in [-0.25, -0.2) is 0 Å². The van der Waals surface area contributed by atoms with Crippen molar-refractivity contribution in [3.05, 3.63) is 77.9 Å². The molecule has 12 nitrogen and oxygen atoms in total. The molecular formula is C34H34N4O8. The SMILES string of the molecule is O=C1C=CC(=O)N1CC1CCCCC1Cn1c(=O)c2cc3c(=O)n(CC4CCCCC4CN4C(=O)C=CC4=O)c(=O)c3cc2c1=O. The lowest BCUT2D eigenvalue weighted by molar-refractivity contribution is -0.139. The summed E-state index contributed by atoms with van der Waals surface area (Å²) >= 11 is 0. The van der Waals surface area contributed by atoms with Crippen LogP contribution in [-0.4, -0.2) is 55.7 Å². The van der Waals surface area contributed by atoms with Crippen LogP contribution in [0.1, 0.15) is 51.4 Å². The van der Waals surface area contributed by atoms with E-state index in [2.05, 4.69) is 0 Å². The predicted molar refractivity (Wildman–Crippen MR) is 168 cm³/mol. The van der Waals surface area contributed by atoms with Crippen molar-refractivity contribution >= 4 is 45.2 Å². The maximum absolute atomic E-state index is 13.6. The summed E-state index contributed by atoms with van der Waals surface area (Å²) in [5.74, 6) is -1.77. The maximum atomic E-state index is 13.6. The van der Waals surface area contributed by atoms with E-state index in [9.17, 15) is 38.4 Å². The molecule has 0 bridgehead atoms. The van der Waals surface area contributed by atoms with Gasteiger partial charge in [0.15, 0.2) is 0 Å². The molecule has 7 rings (SSSR count). The molecule has 4 amide bonds. The molecule has 4 aliphatic rings. The maximum Gasteiger partial charge on any atom is 0.261 e. The Morgan fingerprint density at radius 3 is 0.957 bits per heavy atom. The van der Waals surface area contributed by atoms with E-state index in [1.54, 1.807) is 0 Å². The molecule has 4 unspecified atom stereocenters. The lowest BCUT2D eigenvalue weighted by Gasteiger charge is -2.33. The van der Waals surface area contributed by atoms with Gasteiger partial charge in [-0.2, -0.15) is 0 Å². The Morgan fingerprint density at radius 2 is 0.674 bits per heavy atom. The van der Waals surface area contributed by atoms with Crippen LogP contribution in [0, 0.1) is 23.7 Å². The van der Waals surface area contributed by atoms with Crippen molar-refractivity contribution in [1.29, 1.82) is 0 Å². The molecule has 238 valence electrons. The van der Waals surface area contributed by atoms with Crippen molar-refractivity contribution in [3.8, 4) is 0 Å². The number of aromatic nitrogens is 2. The molecule has 4 heterocycles. The van der Waals surface area contributed by atoms with Crippen molar-refractivity contribution in [1.82, 2.24) is 18.9 Å². The van der Waals surface area contributed by atoms with Gasteiger partial charge in [0.1, 0.15) is 0 Å². The van der Waals surface area contributed by atoms with Crippen molar-refractivity contribution in [3.63, 3.8) is 0 Å². The van der Waals surface area contributed by atoms with Crippen LogP contribution >= 0.6 is 0 Å². The molecule has 0 saturated heterocycles. The fourth-order valence-electron chi connectivity index (χ4n) is 8.10. The number of benzene rings is 1. The molecule has 0 radical (unpaired) electrons. The number of hydrogen-bond acceptors (Lipinski definition) is 8. The van der Waals surface area contributed by atoms with Crippen molar-refractivity contribution in [2.75, 3.05) is 13.1 Å². The van der Waals surface area contributed by atoms with E-state index in [-0.39, 0.29) is 95.0 Å². The molecule has 3 aromatic rings. The summed E-state index contributed by atoms with van der Waals surface area (Å²) < 4.78 is 2.34. The molecule has 0 spiro atoms. The van der Waals surface area contributed by atoms with Crippen molar-refractivity contribution < 1.29 is 19.2 Å². The number of carbonyl (C=O) groups excluding carboxylic acids is 4. The van der Waals surface area contributed by atoms with Crippen LogP contribution in [0.25, 0.3) is 21.5 Å². The Hall–Kier alpha value is -4.74. The third-order valence-corrected chi connectivity index (χ3v) is 10.7. The number of imide groups is 2. The number of rotatable bonds is 8. The Labute approximate surface area is 262 Å². The first kappa shape index (κ1) is 29.9. The van der Waals surface area contributed by atoms with Gasteiger partial charge in [0.05, 0.1) is 21.5 Å². The first-order valence-corrected chi connectivity index (χ1v) is 16.1. The lowest BCUT2D eigenvalue weighted by atomic mass is 9.78. The normalized spacial score (nSPS) is 25.3. The standard InChI is InChI=1S/C34H34N4O8/c39-27-9-10-28(40)35(27)15-19-5-1-3-7-21(19)17-37-31(43)23-13-25-26(14-24(23)32(37)44)34(46)38(33(25)45)18-22-8-4-2-6-20(22)16-36-29(41)11-12-30(36)42/h9-14,19-22H,1-8,15-18H2. The predicted octanol–water partition coefficient (Wildman–Crippen LogP) is 1.38. The van der Waals surface area contributed by atoms with E-state index in [1.807, 2.05) is 0 Å². The van der Waals surface area contributed by atoms with Crippen molar-refractivity contribution in [2.45, 2.75) is 64.5 Å².